The number of hydrogen-bond acceptors (Lipinski definition) is 4. The van der Waals surface area contributed by atoms with Crippen molar-refractivity contribution in [2.24, 2.45) is 0 Å². The Kier molecular flexibility index (Phi) is 4.15. The Morgan fingerprint density at radius 2 is 2.00 bits per heavy atom. The van der Waals surface area contributed by atoms with E-state index in [1.807, 2.05) is 0 Å². The molecule has 0 spiro atoms. The molecule has 0 aromatic heterocycles. The molecule has 1 unspecified atom stereocenters. The average Bonchev–Trinajstić information content (AvgIpc) is 2.45. The van der Waals surface area contributed by atoms with Gasteiger partial charge in [0.25, 0.3) is 0 Å². The smallest absolute Gasteiger partial charge is 0.321 e. The minimum atomic E-state index is -3.89. The summed E-state index contributed by atoms with van der Waals surface area (Å²) in [7, 11) is -2.66. The molecule has 0 heterocycles. The Bertz CT molecular complexity index is 695. The molecule has 0 aliphatic heterocycles. The Balaban J connectivity index is 2.42. The van der Waals surface area contributed by atoms with Crippen LogP contribution < -0.4 is 0 Å². The highest BCUT2D eigenvalue weighted by molar-refractivity contribution is 7.89. The lowest BCUT2D eigenvalue weighted by molar-refractivity contribution is -0.140. The lowest BCUT2D eigenvalue weighted by atomic mass is 9.91. The molecule has 0 radical (unpaired) electrons. The summed E-state index contributed by atoms with van der Waals surface area (Å²) < 4.78 is 25.7. The fourth-order valence-electron chi connectivity index (χ4n) is 2.31. The summed E-state index contributed by atoms with van der Waals surface area (Å²) in [6.07, 6.45) is 1.84. The third-order valence-electron chi connectivity index (χ3n) is 3.81. The van der Waals surface area contributed by atoms with Crippen molar-refractivity contribution >= 4 is 21.8 Å². The number of likely N-dealkylation sites (N-methyl/N-ethyl adjacent to an activating group) is 1. The average molecular weight is 311 g/mol. The van der Waals surface area contributed by atoms with Crippen LogP contribution in [0.3, 0.4) is 0 Å². The number of carboxylic acids is 1. The van der Waals surface area contributed by atoms with Gasteiger partial charge in [0.15, 0.2) is 5.78 Å². The number of fused-ring (bicyclic) bond motifs is 1. The summed E-state index contributed by atoms with van der Waals surface area (Å²) in [6, 6.07) is 3.20. The Morgan fingerprint density at radius 1 is 1.33 bits per heavy atom. The van der Waals surface area contributed by atoms with Crippen LogP contribution in [0.1, 0.15) is 35.7 Å². The molecule has 6 nitrogen and oxygen atoms in total. The topological polar surface area (TPSA) is 91.8 Å². The van der Waals surface area contributed by atoms with Crippen LogP contribution in [0.25, 0.3) is 0 Å². The molecule has 1 aliphatic rings. The van der Waals surface area contributed by atoms with E-state index >= 15 is 0 Å². The van der Waals surface area contributed by atoms with Crippen LogP contribution in [0.15, 0.2) is 23.1 Å². The van der Waals surface area contributed by atoms with E-state index in [0.29, 0.717) is 30.4 Å². The number of rotatable bonds is 4. The van der Waals surface area contributed by atoms with E-state index in [-0.39, 0.29) is 10.7 Å². The molecule has 1 aliphatic carbocycles. The molecule has 1 N–H and O–H groups in total. The van der Waals surface area contributed by atoms with Gasteiger partial charge in [-0.2, -0.15) is 4.31 Å². The summed E-state index contributed by atoms with van der Waals surface area (Å²) in [5.74, 6) is -1.19. The molecule has 1 aromatic rings. The maximum atomic E-state index is 12.4. The lowest BCUT2D eigenvalue weighted by Crippen LogP contribution is -2.40. The van der Waals surface area contributed by atoms with Crippen LogP contribution in [0.2, 0.25) is 0 Å². The van der Waals surface area contributed by atoms with Crippen LogP contribution >= 0.6 is 0 Å². The van der Waals surface area contributed by atoms with E-state index in [0.717, 1.165) is 4.31 Å². The van der Waals surface area contributed by atoms with Gasteiger partial charge in [0.1, 0.15) is 6.04 Å². The number of carbonyl (C=O) groups is 2. The van der Waals surface area contributed by atoms with E-state index in [2.05, 4.69) is 0 Å². The van der Waals surface area contributed by atoms with Gasteiger partial charge in [0.2, 0.25) is 10.0 Å². The predicted molar refractivity (Wildman–Crippen MR) is 75.8 cm³/mol. The van der Waals surface area contributed by atoms with E-state index in [9.17, 15) is 18.0 Å². The largest absolute Gasteiger partial charge is 0.480 e. The summed E-state index contributed by atoms with van der Waals surface area (Å²) in [6.45, 7) is 1.31. The van der Waals surface area contributed by atoms with E-state index in [4.69, 9.17) is 5.11 Å². The van der Waals surface area contributed by atoms with Gasteiger partial charge in [-0.05, 0) is 43.5 Å². The van der Waals surface area contributed by atoms with Crippen molar-refractivity contribution in [2.75, 3.05) is 7.05 Å². The molecule has 1 aromatic carbocycles. The van der Waals surface area contributed by atoms with Crippen molar-refractivity contribution in [2.45, 2.75) is 37.1 Å². The van der Waals surface area contributed by atoms with Crippen molar-refractivity contribution < 1.29 is 23.1 Å². The predicted octanol–water partition coefficient (Wildman–Crippen LogP) is 1.30. The minimum absolute atomic E-state index is 0.0200. The number of carbonyl (C=O) groups excluding carboxylic acids is 1. The zero-order valence-corrected chi connectivity index (χ0v) is 12.7. The second-order valence-electron chi connectivity index (χ2n) is 5.13. The standard InChI is InChI=1S/C14H17NO5S/c1-9(14(17)18)15(2)21(19,20)11-6-7-12-10(8-11)4-3-5-13(12)16/h6-9H,3-5H2,1-2H3,(H,17,18). The van der Waals surface area contributed by atoms with Crippen LogP contribution in [-0.4, -0.2) is 42.7 Å². The number of nitrogens with zero attached hydrogens (tertiary/aromatic N) is 1. The van der Waals surface area contributed by atoms with Crippen LogP contribution in [0, 0.1) is 0 Å². The third-order valence-corrected chi connectivity index (χ3v) is 5.73. The highest BCUT2D eigenvalue weighted by Gasteiger charge is 2.30. The maximum Gasteiger partial charge on any atom is 0.321 e. The van der Waals surface area contributed by atoms with Crippen LogP contribution in [0.5, 0.6) is 0 Å². The van der Waals surface area contributed by atoms with Crippen molar-refractivity contribution in [1.82, 2.24) is 4.31 Å². The Hall–Kier alpha value is -1.73. The van der Waals surface area contributed by atoms with Gasteiger partial charge in [-0.3, -0.25) is 9.59 Å². The van der Waals surface area contributed by atoms with Gasteiger partial charge < -0.3 is 5.11 Å². The van der Waals surface area contributed by atoms with Crippen LogP contribution in [0.4, 0.5) is 0 Å². The molecule has 0 amide bonds. The quantitative estimate of drug-likeness (QED) is 0.905. The first-order valence-electron chi connectivity index (χ1n) is 6.62. The summed E-state index contributed by atoms with van der Waals surface area (Å²) >= 11 is 0. The molecular formula is C14H17NO5S. The fourth-order valence-corrected chi connectivity index (χ4v) is 3.68. The number of sulfonamides is 1. The number of hydrogen-bond donors (Lipinski definition) is 1. The van der Waals surface area contributed by atoms with Gasteiger partial charge in [-0.25, -0.2) is 8.42 Å². The molecule has 0 bridgehead atoms. The van der Waals surface area contributed by atoms with Crippen molar-refractivity contribution in [3.8, 4) is 0 Å². The maximum absolute atomic E-state index is 12.4. The van der Waals surface area contributed by atoms with E-state index in [1.54, 1.807) is 0 Å². The Morgan fingerprint density at radius 3 is 2.62 bits per heavy atom. The zero-order chi connectivity index (χ0) is 15.8. The lowest BCUT2D eigenvalue weighted by Gasteiger charge is -2.22. The summed E-state index contributed by atoms with van der Waals surface area (Å²) in [5.41, 5.74) is 1.28. The number of carboxylic acid groups (broad SMARTS) is 1. The molecule has 2 rings (SSSR count). The molecule has 7 heteroatoms. The zero-order valence-electron chi connectivity index (χ0n) is 11.9. The van der Waals surface area contributed by atoms with E-state index in [1.165, 1.54) is 32.2 Å². The first-order chi connectivity index (χ1) is 9.75. The molecule has 1 atom stereocenters. The van der Waals surface area contributed by atoms with Gasteiger partial charge in [0.05, 0.1) is 4.90 Å². The SMILES string of the molecule is CC(C(=O)O)N(C)S(=O)(=O)c1ccc2c(c1)CCCC2=O. The number of ketones is 1. The monoisotopic (exact) mass is 311 g/mol. The summed E-state index contributed by atoms with van der Waals surface area (Å²) in [5, 5.41) is 8.94. The summed E-state index contributed by atoms with van der Waals surface area (Å²) in [4.78, 5) is 22.7. The highest BCUT2D eigenvalue weighted by Crippen LogP contribution is 2.26. The molecule has 114 valence electrons. The third kappa shape index (κ3) is 2.84. The molecule has 21 heavy (non-hydrogen) atoms. The minimum Gasteiger partial charge on any atom is -0.480 e. The number of benzene rings is 1. The van der Waals surface area contributed by atoms with Gasteiger partial charge in [0, 0.05) is 19.0 Å². The molecular weight excluding hydrogens is 294 g/mol. The van der Waals surface area contributed by atoms with Gasteiger partial charge in [-0.1, -0.05) is 0 Å². The highest BCUT2D eigenvalue weighted by atomic mass is 32.2. The van der Waals surface area contributed by atoms with Gasteiger partial charge >= 0.3 is 5.97 Å². The Labute approximate surface area is 123 Å². The number of aliphatic carboxylic acids is 1. The van der Waals surface area contributed by atoms with Crippen molar-refractivity contribution in [3.63, 3.8) is 0 Å². The molecule has 0 fully saturated rings. The first kappa shape index (κ1) is 15.7. The molecule has 0 saturated heterocycles. The second-order valence-corrected chi connectivity index (χ2v) is 7.13. The van der Waals surface area contributed by atoms with Crippen LogP contribution in [-0.2, 0) is 21.2 Å². The number of Topliss-reactive ketones (excluding diaryl/α,β-unsaturated/α-hetero) is 1. The van der Waals surface area contributed by atoms with Crippen molar-refractivity contribution in [1.29, 1.82) is 0 Å². The van der Waals surface area contributed by atoms with Gasteiger partial charge in [-0.15, -0.1) is 0 Å². The fraction of sp³-hybridized carbons (Fsp3) is 0.429. The number of aryl methyl sites for hydroxylation is 1. The second kappa shape index (κ2) is 5.57. The first-order valence-corrected chi connectivity index (χ1v) is 8.06. The van der Waals surface area contributed by atoms with E-state index < -0.39 is 22.0 Å². The van der Waals surface area contributed by atoms with Crippen molar-refractivity contribution in [3.05, 3.63) is 29.3 Å². The normalized spacial score (nSPS) is 16.6. The molecule has 0 saturated carbocycles.